The molecule has 0 radical (unpaired) electrons. The van der Waals surface area contributed by atoms with E-state index in [9.17, 15) is 0 Å². The first-order valence-electron chi connectivity index (χ1n) is 3.82. The summed E-state index contributed by atoms with van der Waals surface area (Å²) in [7, 11) is 0. The first-order chi connectivity index (χ1) is 4.81. The van der Waals surface area contributed by atoms with Crippen LogP contribution < -0.4 is 5.73 Å². The smallest absolute Gasteiger partial charge is 0.0232 e. The third-order valence-electron chi connectivity index (χ3n) is 1.28. The molecule has 10 heavy (non-hydrogen) atoms. The molecule has 0 aliphatic rings. The lowest BCUT2D eigenvalue weighted by atomic mass is 10.3. The van der Waals surface area contributed by atoms with Crippen LogP contribution >= 0.6 is 11.8 Å². The summed E-state index contributed by atoms with van der Waals surface area (Å²) in [4.78, 5) is 1.11. The fourth-order valence-corrected chi connectivity index (χ4v) is 1.38. The van der Waals surface area contributed by atoms with Crippen molar-refractivity contribution in [2.45, 2.75) is 26.2 Å². The van der Waals surface area contributed by atoms with Crippen LogP contribution in [0.3, 0.4) is 0 Å². The first-order valence-corrected chi connectivity index (χ1v) is 4.80. The van der Waals surface area contributed by atoms with Crippen LogP contribution in [0.25, 0.3) is 0 Å². The first kappa shape index (κ1) is 10.0. The van der Waals surface area contributed by atoms with Gasteiger partial charge in [0.25, 0.3) is 0 Å². The fraction of sp³-hybridized carbons (Fsp3) is 0.750. The molecule has 0 unspecified atom stereocenters. The highest BCUT2D eigenvalue weighted by atomic mass is 32.2. The molecule has 0 rings (SSSR count). The van der Waals surface area contributed by atoms with Gasteiger partial charge in [0.05, 0.1) is 0 Å². The van der Waals surface area contributed by atoms with E-state index < -0.39 is 0 Å². The van der Waals surface area contributed by atoms with Crippen LogP contribution in [0.2, 0.25) is 0 Å². The largest absolute Gasteiger partial charge is 0.326 e. The van der Waals surface area contributed by atoms with E-state index in [0.717, 1.165) is 4.91 Å². The Morgan fingerprint density at radius 2 is 2.20 bits per heavy atom. The van der Waals surface area contributed by atoms with Crippen molar-refractivity contribution in [2.75, 3.05) is 12.3 Å². The summed E-state index contributed by atoms with van der Waals surface area (Å²) in [5, 5.41) is 0. The van der Waals surface area contributed by atoms with E-state index in [-0.39, 0.29) is 0 Å². The average Bonchev–Trinajstić information content (AvgIpc) is 1.98. The van der Waals surface area contributed by atoms with Crippen LogP contribution in [-0.4, -0.2) is 12.3 Å². The Kier molecular flexibility index (Phi) is 7.20. The van der Waals surface area contributed by atoms with Gasteiger partial charge in [0.2, 0.25) is 0 Å². The van der Waals surface area contributed by atoms with E-state index in [1.165, 1.54) is 25.0 Å². The third-order valence-corrected chi connectivity index (χ3v) is 2.35. The molecular weight excluding hydrogens is 142 g/mol. The lowest BCUT2D eigenvalue weighted by molar-refractivity contribution is 0.779. The SMILES string of the molecule is C=C(CN)SCCCCC. The maximum atomic E-state index is 5.37. The monoisotopic (exact) mass is 159 g/mol. The van der Waals surface area contributed by atoms with Gasteiger partial charge in [-0.3, -0.25) is 0 Å². The van der Waals surface area contributed by atoms with Crippen molar-refractivity contribution in [1.29, 1.82) is 0 Å². The molecule has 0 saturated heterocycles. The normalized spacial score (nSPS) is 9.80. The van der Waals surface area contributed by atoms with Crippen molar-refractivity contribution in [2.24, 2.45) is 5.73 Å². The van der Waals surface area contributed by atoms with Gasteiger partial charge in [-0.1, -0.05) is 26.3 Å². The maximum absolute atomic E-state index is 5.37. The van der Waals surface area contributed by atoms with Crippen molar-refractivity contribution in [3.8, 4) is 0 Å². The zero-order chi connectivity index (χ0) is 7.82. The fourth-order valence-electron chi connectivity index (χ4n) is 0.627. The van der Waals surface area contributed by atoms with E-state index in [0.29, 0.717) is 6.54 Å². The number of nitrogens with two attached hydrogens (primary N) is 1. The van der Waals surface area contributed by atoms with Gasteiger partial charge in [-0.15, -0.1) is 11.8 Å². The van der Waals surface area contributed by atoms with Crippen LogP contribution in [0.5, 0.6) is 0 Å². The minimum Gasteiger partial charge on any atom is -0.326 e. The molecule has 0 aliphatic heterocycles. The topological polar surface area (TPSA) is 26.0 Å². The molecule has 0 saturated carbocycles. The molecule has 1 nitrogen and oxygen atoms in total. The van der Waals surface area contributed by atoms with Crippen molar-refractivity contribution in [1.82, 2.24) is 0 Å². The number of hydrogen-bond donors (Lipinski definition) is 1. The van der Waals surface area contributed by atoms with Gasteiger partial charge in [0.1, 0.15) is 0 Å². The van der Waals surface area contributed by atoms with E-state index in [2.05, 4.69) is 13.5 Å². The molecule has 0 bridgehead atoms. The zero-order valence-electron chi connectivity index (χ0n) is 6.73. The standard InChI is InChI=1S/C8H17NS/c1-3-4-5-6-10-8(2)7-9/h2-7,9H2,1H3. The minimum absolute atomic E-state index is 0.622. The molecule has 0 atom stereocenters. The Bertz CT molecular complexity index is 91.3. The van der Waals surface area contributed by atoms with Crippen LogP contribution in [-0.2, 0) is 0 Å². The second-order valence-corrected chi connectivity index (χ2v) is 3.57. The molecule has 0 amide bonds. The molecule has 0 spiro atoms. The van der Waals surface area contributed by atoms with E-state index in [1.54, 1.807) is 11.8 Å². The second kappa shape index (κ2) is 7.16. The summed E-state index contributed by atoms with van der Waals surface area (Å²) in [6.45, 7) is 6.64. The van der Waals surface area contributed by atoms with Crippen LogP contribution in [0, 0.1) is 0 Å². The van der Waals surface area contributed by atoms with E-state index in [4.69, 9.17) is 5.73 Å². The minimum atomic E-state index is 0.622. The predicted octanol–water partition coefficient (Wildman–Crippen LogP) is 2.38. The van der Waals surface area contributed by atoms with Crippen LogP contribution in [0.1, 0.15) is 26.2 Å². The van der Waals surface area contributed by atoms with Crippen molar-refractivity contribution < 1.29 is 0 Å². The number of unbranched alkanes of at least 4 members (excludes halogenated alkanes) is 2. The molecule has 60 valence electrons. The molecule has 0 fully saturated rings. The maximum Gasteiger partial charge on any atom is 0.0232 e. The van der Waals surface area contributed by atoms with Crippen LogP contribution in [0.15, 0.2) is 11.5 Å². The Morgan fingerprint density at radius 1 is 1.50 bits per heavy atom. The van der Waals surface area contributed by atoms with Crippen molar-refractivity contribution in [3.63, 3.8) is 0 Å². The molecule has 0 aromatic carbocycles. The second-order valence-electron chi connectivity index (χ2n) is 2.30. The molecule has 2 N–H and O–H groups in total. The van der Waals surface area contributed by atoms with Crippen molar-refractivity contribution in [3.05, 3.63) is 11.5 Å². The summed E-state index contributed by atoms with van der Waals surface area (Å²) >= 11 is 1.80. The lowest BCUT2D eigenvalue weighted by Gasteiger charge is -2.00. The third kappa shape index (κ3) is 6.17. The van der Waals surface area contributed by atoms with Crippen molar-refractivity contribution >= 4 is 11.8 Å². The Labute approximate surface area is 68.1 Å². The lowest BCUT2D eigenvalue weighted by Crippen LogP contribution is -1.99. The van der Waals surface area contributed by atoms with Gasteiger partial charge in [0.15, 0.2) is 0 Å². The molecule has 0 aromatic rings. The highest BCUT2D eigenvalue weighted by Crippen LogP contribution is 2.13. The summed E-state index contributed by atoms with van der Waals surface area (Å²) < 4.78 is 0. The highest BCUT2D eigenvalue weighted by molar-refractivity contribution is 8.03. The van der Waals surface area contributed by atoms with Crippen LogP contribution in [0.4, 0.5) is 0 Å². The van der Waals surface area contributed by atoms with E-state index in [1.807, 2.05) is 0 Å². The van der Waals surface area contributed by atoms with Gasteiger partial charge < -0.3 is 5.73 Å². The molecule has 2 heteroatoms. The van der Waals surface area contributed by atoms with Gasteiger partial charge >= 0.3 is 0 Å². The summed E-state index contributed by atoms with van der Waals surface area (Å²) in [5.41, 5.74) is 5.37. The number of rotatable bonds is 6. The number of hydrogen-bond acceptors (Lipinski definition) is 2. The van der Waals surface area contributed by atoms with Gasteiger partial charge in [0, 0.05) is 6.54 Å². The van der Waals surface area contributed by atoms with Gasteiger partial charge in [-0.25, -0.2) is 0 Å². The van der Waals surface area contributed by atoms with Gasteiger partial charge in [-0.2, -0.15) is 0 Å². The average molecular weight is 159 g/mol. The Hall–Kier alpha value is 0.0500. The summed E-state index contributed by atoms with van der Waals surface area (Å²) in [6.07, 6.45) is 3.90. The zero-order valence-corrected chi connectivity index (χ0v) is 7.54. The molecule has 0 aromatic heterocycles. The Balaban J connectivity index is 2.96. The van der Waals surface area contributed by atoms with Gasteiger partial charge in [-0.05, 0) is 17.1 Å². The predicted molar refractivity (Wildman–Crippen MR) is 50.2 cm³/mol. The Morgan fingerprint density at radius 3 is 2.70 bits per heavy atom. The quantitative estimate of drug-likeness (QED) is 0.602. The molecular formula is C8H17NS. The molecule has 0 heterocycles. The highest BCUT2D eigenvalue weighted by Gasteiger charge is 1.90. The number of thioether (sulfide) groups is 1. The molecule has 0 aliphatic carbocycles. The summed E-state index contributed by atoms with van der Waals surface area (Å²) in [6, 6.07) is 0. The van der Waals surface area contributed by atoms with E-state index >= 15 is 0 Å². The summed E-state index contributed by atoms with van der Waals surface area (Å²) in [5.74, 6) is 1.18.